The first-order valence-electron chi connectivity index (χ1n) is 10.2. The van der Waals surface area contributed by atoms with Gasteiger partial charge in [0, 0.05) is 30.8 Å². The van der Waals surface area contributed by atoms with Gasteiger partial charge < -0.3 is 20.5 Å². The SMILES string of the molecule is CC(C)COc1ccc(C(=O)N/C(=C\c2cccc([N+](=O)[O-])c2)C(=O)NCCCO)cc1. The van der Waals surface area contributed by atoms with Gasteiger partial charge in [0.25, 0.3) is 17.5 Å². The number of ether oxygens (including phenoxy) is 1. The molecule has 0 saturated heterocycles. The highest BCUT2D eigenvalue weighted by Gasteiger charge is 2.15. The molecule has 0 aliphatic rings. The highest BCUT2D eigenvalue weighted by Crippen LogP contribution is 2.17. The standard InChI is InChI=1S/C23H27N3O6/c1-16(2)15-32-20-9-7-18(8-10-20)22(28)25-21(23(29)24-11-4-12-27)14-17-5-3-6-19(13-17)26(30)31/h3,5-10,13-14,16,27H,4,11-12,15H2,1-2H3,(H,24,29)(H,25,28)/b21-14-. The Hall–Kier alpha value is -3.72. The summed E-state index contributed by atoms with van der Waals surface area (Å²) in [5.74, 6) is -0.0993. The van der Waals surface area contributed by atoms with Gasteiger partial charge in [-0.3, -0.25) is 19.7 Å². The molecule has 2 aromatic carbocycles. The first-order valence-corrected chi connectivity index (χ1v) is 10.2. The van der Waals surface area contributed by atoms with Crippen LogP contribution in [0.25, 0.3) is 6.08 Å². The number of aliphatic hydroxyl groups excluding tert-OH is 1. The van der Waals surface area contributed by atoms with Crippen LogP contribution < -0.4 is 15.4 Å². The summed E-state index contributed by atoms with van der Waals surface area (Å²) in [5.41, 5.74) is 0.481. The van der Waals surface area contributed by atoms with Crippen LogP contribution in [-0.2, 0) is 4.79 Å². The Labute approximate surface area is 186 Å². The molecule has 0 bridgehead atoms. The summed E-state index contributed by atoms with van der Waals surface area (Å²) in [6.07, 6.45) is 1.71. The topological polar surface area (TPSA) is 131 Å². The van der Waals surface area contributed by atoms with Crippen molar-refractivity contribution in [1.82, 2.24) is 10.6 Å². The van der Waals surface area contributed by atoms with Crippen molar-refractivity contribution in [3.05, 3.63) is 75.5 Å². The number of hydrogen-bond donors (Lipinski definition) is 3. The molecule has 0 saturated carbocycles. The molecule has 0 unspecified atom stereocenters. The zero-order valence-corrected chi connectivity index (χ0v) is 18.0. The van der Waals surface area contributed by atoms with Crippen molar-refractivity contribution in [2.24, 2.45) is 5.92 Å². The van der Waals surface area contributed by atoms with Gasteiger partial charge in [-0.1, -0.05) is 26.0 Å². The number of carbonyl (C=O) groups is 2. The van der Waals surface area contributed by atoms with Crippen LogP contribution in [0.4, 0.5) is 5.69 Å². The summed E-state index contributed by atoms with van der Waals surface area (Å²) in [4.78, 5) is 35.8. The average molecular weight is 441 g/mol. The Morgan fingerprint density at radius 2 is 1.91 bits per heavy atom. The molecule has 0 spiro atoms. The van der Waals surface area contributed by atoms with Crippen molar-refractivity contribution in [2.45, 2.75) is 20.3 Å². The Morgan fingerprint density at radius 1 is 1.19 bits per heavy atom. The first kappa shape index (κ1) is 24.5. The Kier molecular flexibility index (Phi) is 9.37. The number of nitrogens with one attached hydrogen (secondary N) is 2. The molecular weight excluding hydrogens is 414 g/mol. The molecule has 9 heteroatoms. The van der Waals surface area contributed by atoms with Gasteiger partial charge in [-0.2, -0.15) is 0 Å². The van der Waals surface area contributed by atoms with Crippen LogP contribution in [0.2, 0.25) is 0 Å². The van der Waals surface area contributed by atoms with E-state index in [9.17, 15) is 19.7 Å². The first-order chi connectivity index (χ1) is 15.3. The number of rotatable bonds is 11. The van der Waals surface area contributed by atoms with Gasteiger partial charge in [0.05, 0.1) is 11.5 Å². The zero-order chi connectivity index (χ0) is 23.5. The average Bonchev–Trinajstić information content (AvgIpc) is 2.77. The van der Waals surface area contributed by atoms with E-state index in [2.05, 4.69) is 10.6 Å². The summed E-state index contributed by atoms with van der Waals surface area (Å²) in [5, 5.41) is 25.1. The van der Waals surface area contributed by atoms with Crippen molar-refractivity contribution < 1.29 is 24.4 Å². The van der Waals surface area contributed by atoms with Crippen molar-refractivity contribution >= 4 is 23.6 Å². The predicted octanol–water partition coefficient (Wildman–Crippen LogP) is 2.90. The summed E-state index contributed by atoms with van der Waals surface area (Å²) in [6.45, 7) is 4.72. The second-order valence-corrected chi connectivity index (χ2v) is 7.43. The van der Waals surface area contributed by atoms with E-state index < -0.39 is 16.7 Å². The molecule has 0 aliphatic heterocycles. The maximum absolute atomic E-state index is 12.7. The number of non-ortho nitro benzene ring substituents is 1. The van der Waals surface area contributed by atoms with Crippen molar-refractivity contribution in [3.63, 3.8) is 0 Å². The minimum absolute atomic E-state index is 0.0754. The maximum atomic E-state index is 12.7. The fraction of sp³-hybridized carbons (Fsp3) is 0.304. The van der Waals surface area contributed by atoms with Crippen LogP contribution in [-0.4, -0.2) is 41.6 Å². The van der Waals surface area contributed by atoms with Gasteiger partial charge in [0.15, 0.2) is 0 Å². The third-order valence-corrected chi connectivity index (χ3v) is 4.21. The normalized spacial score (nSPS) is 11.2. The third-order valence-electron chi connectivity index (χ3n) is 4.21. The smallest absolute Gasteiger partial charge is 0.270 e. The van der Waals surface area contributed by atoms with E-state index in [1.807, 2.05) is 13.8 Å². The summed E-state index contributed by atoms with van der Waals surface area (Å²) >= 11 is 0. The van der Waals surface area contributed by atoms with Crippen LogP contribution in [0.5, 0.6) is 5.75 Å². The van der Waals surface area contributed by atoms with Gasteiger partial charge in [-0.25, -0.2) is 0 Å². The van der Waals surface area contributed by atoms with E-state index in [1.54, 1.807) is 30.3 Å². The highest BCUT2D eigenvalue weighted by atomic mass is 16.6. The van der Waals surface area contributed by atoms with E-state index in [0.717, 1.165) is 0 Å². The molecule has 0 aromatic heterocycles. The van der Waals surface area contributed by atoms with Crippen molar-refractivity contribution in [3.8, 4) is 5.75 Å². The zero-order valence-electron chi connectivity index (χ0n) is 18.0. The maximum Gasteiger partial charge on any atom is 0.270 e. The molecule has 2 amide bonds. The number of benzene rings is 2. The van der Waals surface area contributed by atoms with Crippen LogP contribution in [0.1, 0.15) is 36.2 Å². The third kappa shape index (κ3) is 7.84. The molecule has 0 heterocycles. The molecular formula is C23H27N3O6. The largest absolute Gasteiger partial charge is 0.493 e. The van der Waals surface area contributed by atoms with Gasteiger partial charge in [0.1, 0.15) is 11.4 Å². The molecule has 0 radical (unpaired) electrons. The highest BCUT2D eigenvalue weighted by molar-refractivity contribution is 6.05. The molecule has 3 N–H and O–H groups in total. The molecule has 0 aliphatic carbocycles. The van der Waals surface area contributed by atoms with E-state index >= 15 is 0 Å². The van der Waals surface area contributed by atoms with Crippen molar-refractivity contribution in [2.75, 3.05) is 19.8 Å². The molecule has 32 heavy (non-hydrogen) atoms. The van der Waals surface area contributed by atoms with Crippen LogP contribution in [0.15, 0.2) is 54.2 Å². The van der Waals surface area contributed by atoms with E-state index in [4.69, 9.17) is 9.84 Å². The number of aliphatic hydroxyl groups is 1. The van der Waals surface area contributed by atoms with Crippen LogP contribution in [0, 0.1) is 16.0 Å². The lowest BCUT2D eigenvalue weighted by molar-refractivity contribution is -0.384. The quantitative estimate of drug-likeness (QED) is 0.213. The second-order valence-electron chi connectivity index (χ2n) is 7.43. The lowest BCUT2D eigenvalue weighted by Crippen LogP contribution is -2.35. The van der Waals surface area contributed by atoms with E-state index in [1.165, 1.54) is 24.3 Å². The monoisotopic (exact) mass is 441 g/mol. The number of nitro groups is 1. The molecule has 2 aromatic rings. The van der Waals surface area contributed by atoms with Crippen molar-refractivity contribution in [1.29, 1.82) is 0 Å². The lowest BCUT2D eigenvalue weighted by atomic mass is 10.1. The van der Waals surface area contributed by atoms with Gasteiger partial charge >= 0.3 is 0 Å². The molecule has 2 rings (SSSR count). The second kappa shape index (κ2) is 12.2. The molecule has 170 valence electrons. The van der Waals surface area contributed by atoms with E-state index in [-0.39, 0.29) is 24.5 Å². The molecule has 9 nitrogen and oxygen atoms in total. The van der Waals surface area contributed by atoms with Crippen LogP contribution in [0.3, 0.4) is 0 Å². The van der Waals surface area contributed by atoms with Gasteiger partial charge in [-0.15, -0.1) is 0 Å². The van der Waals surface area contributed by atoms with E-state index in [0.29, 0.717) is 35.8 Å². The number of amides is 2. The minimum Gasteiger partial charge on any atom is -0.493 e. The number of nitro benzene ring substituents is 1. The fourth-order valence-electron chi connectivity index (χ4n) is 2.59. The Morgan fingerprint density at radius 3 is 2.53 bits per heavy atom. The summed E-state index contributed by atoms with van der Waals surface area (Å²) in [6, 6.07) is 12.2. The number of carbonyl (C=O) groups excluding carboxylic acids is 2. The lowest BCUT2D eigenvalue weighted by Gasteiger charge is -2.12. The number of hydrogen-bond acceptors (Lipinski definition) is 6. The summed E-state index contributed by atoms with van der Waals surface area (Å²) in [7, 11) is 0. The minimum atomic E-state index is -0.574. The molecule has 0 atom stereocenters. The van der Waals surface area contributed by atoms with Gasteiger partial charge in [-0.05, 0) is 48.2 Å². The molecule has 0 fully saturated rings. The Bertz CT molecular complexity index is 970. The predicted molar refractivity (Wildman–Crippen MR) is 120 cm³/mol. The Balaban J connectivity index is 2.22. The fourth-order valence-corrected chi connectivity index (χ4v) is 2.59. The number of nitrogens with zero attached hydrogens (tertiary/aromatic N) is 1. The summed E-state index contributed by atoms with van der Waals surface area (Å²) < 4.78 is 5.60. The van der Waals surface area contributed by atoms with Gasteiger partial charge in [0.2, 0.25) is 0 Å². The van der Waals surface area contributed by atoms with Crippen LogP contribution >= 0.6 is 0 Å².